The van der Waals surface area contributed by atoms with Crippen molar-refractivity contribution in [3.63, 3.8) is 0 Å². The Morgan fingerprint density at radius 2 is 1.75 bits per heavy atom. The summed E-state index contributed by atoms with van der Waals surface area (Å²) in [6.07, 6.45) is 6.43. The Hall–Kier alpha value is -0.850. The standard InChI is InChI=1S/C18H39N5O/c1-4-19-18(21-11-13-23-14-16-24-17-15-23)20-10-8-6-5-7-9-12-22(2)3/h4-17H2,1-3H3,(H2,19,20,21). The molecule has 0 aromatic heterocycles. The van der Waals surface area contributed by atoms with Gasteiger partial charge in [0.2, 0.25) is 0 Å². The number of hydrogen-bond donors (Lipinski definition) is 2. The fourth-order valence-electron chi connectivity index (χ4n) is 2.76. The van der Waals surface area contributed by atoms with Crippen LogP contribution in [-0.2, 0) is 4.74 Å². The van der Waals surface area contributed by atoms with Gasteiger partial charge in [-0.05, 0) is 40.4 Å². The molecule has 1 heterocycles. The molecular weight excluding hydrogens is 302 g/mol. The van der Waals surface area contributed by atoms with E-state index in [4.69, 9.17) is 4.74 Å². The Balaban J connectivity index is 2.06. The molecule has 1 saturated heterocycles. The van der Waals surface area contributed by atoms with E-state index in [1.807, 2.05) is 0 Å². The fraction of sp³-hybridized carbons (Fsp3) is 0.944. The maximum absolute atomic E-state index is 5.38. The topological polar surface area (TPSA) is 52.1 Å². The third kappa shape index (κ3) is 11.6. The Morgan fingerprint density at radius 3 is 2.46 bits per heavy atom. The van der Waals surface area contributed by atoms with Crippen molar-refractivity contribution >= 4 is 5.96 Å². The van der Waals surface area contributed by atoms with E-state index in [0.29, 0.717) is 0 Å². The highest BCUT2D eigenvalue weighted by Crippen LogP contribution is 2.03. The van der Waals surface area contributed by atoms with Gasteiger partial charge in [-0.2, -0.15) is 0 Å². The summed E-state index contributed by atoms with van der Waals surface area (Å²) in [5, 5.41) is 6.78. The molecule has 0 radical (unpaired) electrons. The quantitative estimate of drug-likeness (QED) is 0.319. The van der Waals surface area contributed by atoms with Crippen molar-refractivity contribution in [2.24, 2.45) is 4.99 Å². The van der Waals surface area contributed by atoms with Gasteiger partial charge in [-0.3, -0.25) is 9.89 Å². The molecule has 0 spiro atoms. The van der Waals surface area contributed by atoms with Crippen molar-refractivity contribution in [2.75, 3.05) is 73.1 Å². The van der Waals surface area contributed by atoms with Crippen LogP contribution in [0.5, 0.6) is 0 Å². The Bertz CT molecular complexity index is 317. The highest BCUT2D eigenvalue weighted by atomic mass is 16.5. The van der Waals surface area contributed by atoms with Gasteiger partial charge in [0.25, 0.3) is 0 Å². The van der Waals surface area contributed by atoms with Crippen LogP contribution in [0.1, 0.15) is 39.0 Å². The van der Waals surface area contributed by atoms with Crippen LogP contribution in [-0.4, -0.2) is 88.9 Å². The van der Waals surface area contributed by atoms with Crippen molar-refractivity contribution < 1.29 is 4.74 Å². The molecule has 6 nitrogen and oxygen atoms in total. The number of ether oxygens (including phenoxy) is 1. The van der Waals surface area contributed by atoms with Crippen LogP contribution < -0.4 is 10.6 Å². The molecule has 0 bridgehead atoms. The minimum Gasteiger partial charge on any atom is -0.379 e. The van der Waals surface area contributed by atoms with Gasteiger partial charge in [0.15, 0.2) is 5.96 Å². The smallest absolute Gasteiger partial charge is 0.191 e. The lowest BCUT2D eigenvalue weighted by Gasteiger charge is -2.26. The van der Waals surface area contributed by atoms with Gasteiger partial charge in [0, 0.05) is 39.3 Å². The third-order valence-corrected chi connectivity index (χ3v) is 4.20. The zero-order valence-electron chi connectivity index (χ0n) is 16.1. The molecule has 0 amide bonds. The maximum atomic E-state index is 5.38. The molecule has 1 aliphatic rings. The number of unbranched alkanes of at least 4 members (excludes halogenated alkanes) is 4. The van der Waals surface area contributed by atoms with Crippen LogP contribution in [0, 0.1) is 0 Å². The number of morpholine rings is 1. The number of rotatable bonds is 12. The van der Waals surface area contributed by atoms with Gasteiger partial charge < -0.3 is 20.3 Å². The van der Waals surface area contributed by atoms with Crippen LogP contribution in [0.3, 0.4) is 0 Å². The lowest BCUT2D eigenvalue weighted by molar-refractivity contribution is 0.0389. The summed E-state index contributed by atoms with van der Waals surface area (Å²) >= 11 is 0. The Labute approximate surface area is 149 Å². The number of guanidine groups is 1. The second kappa shape index (κ2) is 14.5. The van der Waals surface area contributed by atoms with E-state index < -0.39 is 0 Å². The SMILES string of the molecule is CCNC(=NCCCCCCCN(C)C)NCCN1CCOCC1. The van der Waals surface area contributed by atoms with Crippen molar-refractivity contribution in [1.82, 2.24) is 20.4 Å². The molecule has 0 aromatic rings. The van der Waals surface area contributed by atoms with E-state index in [9.17, 15) is 0 Å². The normalized spacial score (nSPS) is 16.6. The highest BCUT2D eigenvalue weighted by Gasteiger charge is 2.09. The lowest BCUT2D eigenvalue weighted by Crippen LogP contribution is -2.44. The summed E-state index contributed by atoms with van der Waals surface area (Å²) in [6, 6.07) is 0. The third-order valence-electron chi connectivity index (χ3n) is 4.20. The number of nitrogens with one attached hydrogen (secondary N) is 2. The van der Waals surface area contributed by atoms with Crippen molar-refractivity contribution in [3.05, 3.63) is 0 Å². The van der Waals surface area contributed by atoms with E-state index >= 15 is 0 Å². The second-order valence-corrected chi connectivity index (χ2v) is 6.71. The first-order chi connectivity index (χ1) is 11.7. The number of aliphatic imine (C=N–C) groups is 1. The van der Waals surface area contributed by atoms with Crippen LogP contribution in [0.4, 0.5) is 0 Å². The van der Waals surface area contributed by atoms with Crippen LogP contribution in [0.25, 0.3) is 0 Å². The predicted octanol–water partition coefficient (Wildman–Crippen LogP) is 1.39. The van der Waals surface area contributed by atoms with Gasteiger partial charge in [0.05, 0.1) is 13.2 Å². The molecule has 0 aliphatic carbocycles. The van der Waals surface area contributed by atoms with Gasteiger partial charge in [0.1, 0.15) is 0 Å². The van der Waals surface area contributed by atoms with E-state index in [1.54, 1.807) is 0 Å². The Morgan fingerprint density at radius 1 is 1.04 bits per heavy atom. The minimum absolute atomic E-state index is 0.864. The Kier molecular flexibility index (Phi) is 12.8. The summed E-state index contributed by atoms with van der Waals surface area (Å²) < 4.78 is 5.38. The van der Waals surface area contributed by atoms with Gasteiger partial charge in [-0.1, -0.05) is 19.3 Å². The van der Waals surface area contributed by atoms with E-state index in [-0.39, 0.29) is 0 Å². The molecule has 24 heavy (non-hydrogen) atoms. The lowest BCUT2D eigenvalue weighted by atomic mass is 10.1. The number of hydrogen-bond acceptors (Lipinski definition) is 4. The summed E-state index contributed by atoms with van der Waals surface area (Å²) in [4.78, 5) is 9.38. The zero-order valence-corrected chi connectivity index (χ0v) is 16.1. The monoisotopic (exact) mass is 341 g/mol. The molecule has 0 aromatic carbocycles. The molecule has 0 unspecified atom stereocenters. The summed E-state index contributed by atoms with van der Waals surface area (Å²) in [5.41, 5.74) is 0. The highest BCUT2D eigenvalue weighted by molar-refractivity contribution is 5.79. The van der Waals surface area contributed by atoms with Crippen molar-refractivity contribution in [2.45, 2.75) is 39.0 Å². The largest absolute Gasteiger partial charge is 0.379 e. The van der Waals surface area contributed by atoms with Gasteiger partial charge >= 0.3 is 0 Å². The average Bonchev–Trinajstić information content (AvgIpc) is 2.58. The first kappa shape index (κ1) is 21.2. The maximum Gasteiger partial charge on any atom is 0.191 e. The molecule has 1 rings (SSSR count). The molecule has 142 valence electrons. The van der Waals surface area contributed by atoms with E-state index in [2.05, 4.69) is 46.4 Å². The average molecular weight is 342 g/mol. The summed E-state index contributed by atoms with van der Waals surface area (Å²) in [5.74, 6) is 0.957. The molecule has 6 heteroatoms. The summed E-state index contributed by atoms with van der Waals surface area (Å²) in [6.45, 7) is 11.0. The van der Waals surface area contributed by atoms with Crippen LogP contribution >= 0.6 is 0 Å². The molecule has 1 aliphatic heterocycles. The fourth-order valence-corrected chi connectivity index (χ4v) is 2.76. The van der Waals surface area contributed by atoms with Crippen LogP contribution in [0.15, 0.2) is 4.99 Å². The molecule has 0 atom stereocenters. The predicted molar refractivity (Wildman–Crippen MR) is 103 cm³/mol. The molecular formula is C18H39N5O. The van der Waals surface area contributed by atoms with Crippen molar-refractivity contribution in [3.8, 4) is 0 Å². The molecule has 1 fully saturated rings. The van der Waals surface area contributed by atoms with E-state index in [1.165, 1.54) is 38.6 Å². The van der Waals surface area contributed by atoms with Crippen LogP contribution in [0.2, 0.25) is 0 Å². The zero-order chi connectivity index (χ0) is 17.5. The van der Waals surface area contributed by atoms with Crippen molar-refractivity contribution in [1.29, 1.82) is 0 Å². The van der Waals surface area contributed by atoms with Gasteiger partial charge in [-0.25, -0.2) is 0 Å². The second-order valence-electron chi connectivity index (χ2n) is 6.71. The van der Waals surface area contributed by atoms with Gasteiger partial charge in [-0.15, -0.1) is 0 Å². The minimum atomic E-state index is 0.864. The number of nitrogens with zero attached hydrogens (tertiary/aromatic N) is 3. The molecule has 2 N–H and O–H groups in total. The first-order valence-corrected chi connectivity index (χ1v) is 9.69. The van der Waals surface area contributed by atoms with E-state index in [0.717, 1.165) is 58.4 Å². The molecule has 0 saturated carbocycles. The summed E-state index contributed by atoms with van der Waals surface area (Å²) in [7, 11) is 4.28. The first-order valence-electron chi connectivity index (χ1n) is 9.69.